The van der Waals surface area contributed by atoms with E-state index in [1.807, 2.05) is 31.3 Å². The highest BCUT2D eigenvalue weighted by atomic mass is 16.2. The van der Waals surface area contributed by atoms with E-state index in [0.717, 1.165) is 23.0 Å². The summed E-state index contributed by atoms with van der Waals surface area (Å²) in [6.45, 7) is 0.594. The highest BCUT2D eigenvalue weighted by Gasteiger charge is 2.32. The first-order valence-electron chi connectivity index (χ1n) is 7.07. The smallest absolute Gasteiger partial charge is 0.240 e. The Morgan fingerprint density at radius 3 is 2.90 bits per heavy atom. The summed E-state index contributed by atoms with van der Waals surface area (Å²) in [6, 6.07) is 7.34. The highest BCUT2D eigenvalue weighted by molar-refractivity contribution is 5.91. The lowest BCUT2D eigenvalue weighted by molar-refractivity contribution is -0.136. The molecule has 1 saturated heterocycles. The fraction of sp³-hybridized carbons (Fsp3) is 0.400. The van der Waals surface area contributed by atoms with Crippen molar-refractivity contribution in [1.82, 2.24) is 14.7 Å². The van der Waals surface area contributed by atoms with Crippen LogP contribution in [0.5, 0.6) is 0 Å². The molecule has 110 valence electrons. The Morgan fingerprint density at radius 1 is 1.38 bits per heavy atom. The van der Waals surface area contributed by atoms with Crippen molar-refractivity contribution in [3.63, 3.8) is 0 Å². The number of nitrogens with zero attached hydrogens (tertiary/aromatic N) is 3. The summed E-state index contributed by atoms with van der Waals surface area (Å²) in [6.07, 6.45) is 1.68. The molecular weight excluding hydrogens is 268 g/mol. The van der Waals surface area contributed by atoms with Crippen molar-refractivity contribution in [2.45, 2.75) is 25.3 Å². The zero-order valence-corrected chi connectivity index (χ0v) is 12.0. The first-order chi connectivity index (χ1) is 10.1. The number of amides is 2. The molecule has 1 aromatic heterocycles. The molecule has 1 fully saturated rings. The molecule has 0 saturated carbocycles. The van der Waals surface area contributed by atoms with E-state index in [-0.39, 0.29) is 12.3 Å². The van der Waals surface area contributed by atoms with E-state index in [1.165, 1.54) is 0 Å². The van der Waals surface area contributed by atoms with E-state index in [4.69, 9.17) is 5.73 Å². The van der Waals surface area contributed by atoms with Gasteiger partial charge in [-0.15, -0.1) is 0 Å². The van der Waals surface area contributed by atoms with Crippen LogP contribution in [0.2, 0.25) is 0 Å². The molecule has 2 N–H and O–H groups in total. The van der Waals surface area contributed by atoms with Crippen molar-refractivity contribution in [2.75, 3.05) is 6.54 Å². The minimum absolute atomic E-state index is 0.0832. The molecule has 0 aliphatic carbocycles. The van der Waals surface area contributed by atoms with Crippen molar-refractivity contribution in [1.29, 1.82) is 0 Å². The van der Waals surface area contributed by atoms with Crippen molar-refractivity contribution in [3.05, 3.63) is 30.0 Å². The molecular formula is C15H18N4O2. The van der Waals surface area contributed by atoms with Crippen molar-refractivity contribution in [2.24, 2.45) is 12.8 Å². The molecule has 1 aromatic carbocycles. The first kappa shape index (κ1) is 13.6. The number of likely N-dealkylation sites (tertiary alicyclic amines) is 1. The molecule has 2 heterocycles. The Bertz CT molecular complexity index is 707. The first-order valence-corrected chi connectivity index (χ1v) is 7.07. The summed E-state index contributed by atoms with van der Waals surface area (Å²) in [5.74, 6) is -0.508. The lowest BCUT2D eigenvalue weighted by atomic mass is 10.1. The van der Waals surface area contributed by atoms with Gasteiger partial charge in [-0.05, 0) is 18.9 Å². The average molecular weight is 286 g/mol. The molecule has 1 unspecified atom stereocenters. The largest absolute Gasteiger partial charge is 0.368 e. The van der Waals surface area contributed by atoms with E-state index in [0.29, 0.717) is 13.0 Å². The van der Waals surface area contributed by atoms with Crippen LogP contribution in [0.25, 0.3) is 10.9 Å². The molecule has 1 atom stereocenters. The fourth-order valence-electron chi connectivity index (χ4n) is 3.03. The van der Waals surface area contributed by atoms with Crippen molar-refractivity contribution in [3.8, 4) is 0 Å². The molecule has 0 bridgehead atoms. The van der Waals surface area contributed by atoms with Crippen LogP contribution in [0.15, 0.2) is 24.3 Å². The van der Waals surface area contributed by atoms with Crippen molar-refractivity contribution < 1.29 is 9.59 Å². The Hall–Kier alpha value is -2.37. The number of hydrogen-bond acceptors (Lipinski definition) is 3. The van der Waals surface area contributed by atoms with Gasteiger partial charge >= 0.3 is 0 Å². The molecule has 6 nitrogen and oxygen atoms in total. The molecule has 0 radical (unpaired) electrons. The SMILES string of the molecule is Cn1nc(CC(=O)N2CCCC2C(N)=O)c2ccccc21. The summed E-state index contributed by atoms with van der Waals surface area (Å²) in [4.78, 5) is 25.4. The van der Waals surface area contributed by atoms with Crippen LogP contribution >= 0.6 is 0 Å². The predicted octanol–water partition coefficient (Wildman–Crippen LogP) is 0.592. The van der Waals surface area contributed by atoms with Gasteiger partial charge in [-0.3, -0.25) is 14.3 Å². The van der Waals surface area contributed by atoms with E-state index >= 15 is 0 Å². The highest BCUT2D eigenvalue weighted by Crippen LogP contribution is 2.21. The number of fused-ring (bicyclic) bond motifs is 1. The van der Waals surface area contributed by atoms with E-state index < -0.39 is 11.9 Å². The van der Waals surface area contributed by atoms with E-state index in [2.05, 4.69) is 5.10 Å². The number of carbonyl (C=O) groups excluding carboxylic acids is 2. The van der Waals surface area contributed by atoms with Crippen LogP contribution in [0.1, 0.15) is 18.5 Å². The van der Waals surface area contributed by atoms with Gasteiger partial charge in [0, 0.05) is 19.0 Å². The third kappa shape index (κ3) is 2.37. The number of rotatable bonds is 3. The van der Waals surface area contributed by atoms with Crippen LogP contribution in [-0.2, 0) is 23.1 Å². The third-order valence-corrected chi connectivity index (χ3v) is 4.05. The van der Waals surface area contributed by atoms with Gasteiger partial charge in [-0.1, -0.05) is 18.2 Å². The number of aromatic nitrogens is 2. The van der Waals surface area contributed by atoms with Gasteiger partial charge in [-0.25, -0.2) is 0 Å². The number of hydrogen-bond donors (Lipinski definition) is 1. The van der Waals surface area contributed by atoms with E-state index in [9.17, 15) is 9.59 Å². The Morgan fingerprint density at radius 2 is 2.14 bits per heavy atom. The summed E-state index contributed by atoms with van der Waals surface area (Å²) >= 11 is 0. The molecule has 1 aliphatic rings. The zero-order chi connectivity index (χ0) is 15.0. The molecule has 0 spiro atoms. The van der Waals surface area contributed by atoms with Gasteiger partial charge in [0.25, 0.3) is 0 Å². The summed E-state index contributed by atoms with van der Waals surface area (Å²) in [5, 5.41) is 5.40. The Labute approximate surface area is 122 Å². The van der Waals surface area contributed by atoms with E-state index in [1.54, 1.807) is 9.58 Å². The number of primary amides is 1. The zero-order valence-electron chi connectivity index (χ0n) is 12.0. The van der Waals surface area contributed by atoms with Gasteiger partial charge in [0.1, 0.15) is 6.04 Å². The number of aryl methyl sites for hydroxylation is 1. The maximum absolute atomic E-state index is 12.5. The predicted molar refractivity (Wildman–Crippen MR) is 78.3 cm³/mol. The van der Waals surface area contributed by atoms with Gasteiger partial charge in [0.2, 0.25) is 11.8 Å². The van der Waals surface area contributed by atoms with Crippen molar-refractivity contribution >= 4 is 22.7 Å². The van der Waals surface area contributed by atoms with Crippen LogP contribution in [0.3, 0.4) is 0 Å². The number of para-hydroxylation sites is 1. The fourth-order valence-corrected chi connectivity index (χ4v) is 3.03. The molecule has 2 amide bonds. The van der Waals surface area contributed by atoms with Crippen LogP contribution in [-0.4, -0.2) is 39.1 Å². The number of benzene rings is 1. The van der Waals surface area contributed by atoms with Crippen LogP contribution in [0.4, 0.5) is 0 Å². The Balaban J connectivity index is 1.85. The minimum atomic E-state index is -0.465. The molecule has 1 aliphatic heterocycles. The second-order valence-electron chi connectivity index (χ2n) is 5.41. The topological polar surface area (TPSA) is 81.2 Å². The monoisotopic (exact) mass is 286 g/mol. The third-order valence-electron chi connectivity index (χ3n) is 4.05. The lowest BCUT2D eigenvalue weighted by Crippen LogP contribution is -2.44. The second-order valence-corrected chi connectivity index (χ2v) is 5.41. The van der Waals surface area contributed by atoms with Gasteiger partial charge in [0.05, 0.1) is 17.6 Å². The van der Waals surface area contributed by atoms with Crippen LogP contribution in [0, 0.1) is 0 Å². The maximum atomic E-state index is 12.5. The van der Waals surface area contributed by atoms with Gasteiger partial charge in [0.15, 0.2) is 0 Å². The Kier molecular flexibility index (Phi) is 3.37. The standard InChI is InChI=1S/C15H18N4O2/c1-18-12-6-3-2-5-10(12)11(17-18)9-14(20)19-8-4-7-13(19)15(16)21/h2-3,5-6,13H,4,7-9H2,1H3,(H2,16,21). The molecule has 3 rings (SSSR count). The molecule has 21 heavy (non-hydrogen) atoms. The van der Waals surface area contributed by atoms with Gasteiger partial charge in [-0.2, -0.15) is 5.10 Å². The summed E-state index contributed by atoms with van der Waals surface area (Å²) < 4.78 is 1.77. The summed E-state index contributed by atoms with van der Waals surface area (Å²) in [5.41, 5.74) is 7.10. The molecule has 6 heteroatoms. The second kappa shape index (κ2) is 5.20. The minimum Gasteiger partial charge on any atom is -0.368 e. The quantitative estimate of drug-likeness (QED) is 0.896. The van der Waals surface area contributed by atoms with Gasteiger partial charge < -0.3 is 10.6 Å². The average Bonchev–Trinajstić information content (AvgIpc) is 3.06. The summed E-state index contributed by atoms with van der Waals surface area (Å²) in [7, 11) is 1.86. The lowest BCUT2D eigenvalue weighted by Gasteiger charge is -2.21. The molecule has 2 aromatic rings. The number of nitrogens with two attached hydrogens (primary N) is 1. The normalized spacial score (nSPS) is 18.3. The maximum Gasteiger partial charge on any atom is 0.240 e. The number of carbonyl (C=O) groups is 2. The van der Waals surface area contributed by atoms with Crippen LogP contribution < -0.4 is 5.73 Å².